The van der Waals surface area contributed by atoms with Gasteiger partial charge in [-0.2, -0.15) is 11.8 Å². The molecule has 2 N–H and O–H groups in total. The Labute approximate surface area is 220 Å². The van der Waals surface area contributed by atoms with Crippen molar-refractivity contribution in [3.05, 3.63) is 83.9 Å². The van der Waals surface area contributed by atoms with Crippen LogP contribution < -0.4 is 5.32 Å². The maximum absolute atomic E-state index is 12.7. The number of aliphatic carboxylic acids is 1. The van der Waals surface area contributed by atoms with Crippen molar-refractivity contribution in [1.82, 2.24) is 5.32 Å². The smallest absolute Gasteiger partial charge is 0.310 e. The van der Waals surface area contributed by atoms with Crippen molar-refractivity contribution >= 4 is 46.2 Å². The average molecular weight is 522 g/mol. The number of esters is 1. The molecule has 37 heavy (non-hydrogen) atoms. The molecule has 0 aliphatic heterocycles. The molecule has 0 fully saturated rings. The Morgan fingerprint density at radius 3 is 2.41 bits per heavy atom. The summed E-state index contributed by atoms with van der Waals surface area (Å²) in [5.41, 5.74) is 1.98. The van der Waals surface area contributed by atoms with Gasteiger partial charge in [0.1, 0.15) is 6.04 Å². The highest BCUT2D eigenvalue weighted by molar-refractivity contribution is 7.99. The maximum atomic E-state index is 12.7. The molecule has 194 valence electrons. The molecule has 0 bridgehead atoms. The van der Waals surface area contributed by atoms with Crippen LogP contribution in [-0.2, 0) is 36.8 Å². The SMILES string of the molecule is CC(CSCCc1ccccc1)C(=O)NC(CC(=O)O)C(=O)COC(=O)Cc1cccc2ccccc12. The molecule has 1 amide bonds. The van der Waals surface area contributed by atoms with E-state index in [1.807, 2.05) is 72.8 Å². The third kappa shape index (κ3) is 9.06. The second-order valence-corrected chi connectivity index (χ2v) is 9.96. The van der Waals surface area contributed by atoms with Gasteiger partial charge in [-0.05, 0) is 34.1 Å². The molecule has 0 aliphatic rings. The van der Waals surface area contributed by atoms with Crippen molar-refractivity contribution in [2.24, 2.45) is 5.92 Å². The van der Waals surface area contributed by atoms with Crippen LogP contribution in [0.1, 0.15) is 24.5 Å². The molecule has 8 heteroatoms. The maximum Gasteiger partial charge on any atom is 0.310 e. The van der Waals surface area contributed by atoms with Gasteiger partial charge in [-0.15, -0.1) is 0 Å². The topological polar surface area (TPSA) is 110 Å². The fourth-order valence-electron chi connectivity index (χ4n) is 3.81. The van der Waals surface area contributed by atoms with E-state index in [1.54, 1.807) is 18.7 Å². The second-order valence-electron chi connectivity index (χ2n) is 8.81. The van der Waals surface area contributed by atoms with E-state index in [0.29, 0.717) is 5.75 Å². The number of amides is 1. The summed E-state index contributed by atoms with van der Waals surface area (Å²) < 4.78 is 5.15. The standard InChI is InChI=1S/C29H31NO6S/c1-20(19-37-15-14-21-8-3-2-4-9-21)29(35)30-25(17-27(32)33)26(31)18-36-28(34)16-23-12-7-11-22-10-5-6-13-24(22)23/h2-13,20,25H,14-19H2,1H3,(H,30,35)(H,32,33). The molecule has 7 nitrogen and oxygen atoms in total. The molecule has 0 aliphatic carbocycles. The van der Waals surface area contributed by atoms with Crippen LogP contribution in [0.5, 0.6) is 0 Å². The van der Waals surface area contributed by atoms with Gasteiger partial charge >= 0.3 is 11.9 Å². The molecule has 2 atom stereocenters. The van der Waals surface area contributed by atoms with E-state index in [1.165, 1.54) is 5.56 Å². The van der Waals surface area contributed by atoms with Crippen LogP contribution >= 0.6 is 11.8 Å². The first kappa shape index (κ1) is 27.9. The number of carboxylic acids is 1. The van der Waals surface area contributed by atoms with Crippen molar-refractivity contribution in [1.29, 1.82) is 0 Å². The average Bonchev–Trinajstić information content (AvgIpc) is 2.89. The van der Waals surface area contributed by atoms with Crippen LogP contribution in [0.4, 0.5) is 0 Å². The molecule has 2 unspecified atom stereocenters. The molecule has 0 saturated heterocycles. The van der Waals surface area contributed by atoms with Crippen molar-refractivity contribution in [3.8, 4) is 0 Å². The Hall–Kier alpha value is -3.65. The summed E-state index contributed by atoms with van der Waals surface area (Å²) in [4.78, 5) is 49.0. The normalized spacial score (nSPS) is 12.5. The second kappa shape index (κ2) is 14.2. The van der Waals surface area contributed by atoms with Crippen molar-refractivity contribution in [2.45, 2.75) is 32.2 Å². The third-order valence-corrected chi connectivity index (χ3v) is 7.10. The van der Waals surface area contributed by atoms with Crippen LogP contribution in [0.15, 0.2) is 72.8 Å². The Bertz CT molecular complexity index is 1220. The molecule has 3 aromatic carbocycles. The number of ether oxygens (including phenoxy) is 1. The highest BCUT2D eigenvalue weighted by atomic mass is 32.2. The highest BCUT2D eigenvalue weighted by Gasteiger charge is 2.26. The summed E-state index contributed by atoms with van der Waals surface area (Å²) in [6, 6.07) is 22.0. The molecule has 0 radical (unpaired) electrons. The number of carboxylic acid groups (broad SMARTS) is 1. The summed E-state index contributed by atoms with van der Waals surface area (Å²) >= 11 is 1.62. The predicted octanol–water partition coefficient (Wildman–Crippen LogP) is 4.07. The number of rotatable bonds is 14. The highest BCUT2D eigenvalue weighted by Crippen LogP contribution is 2.19. The van der Waals surface area contributed by atoms with Crippen LogP contribution in [0.2, 0.25) is 0 Å². The Morgan fingerprint density at radius 1 is 0.946 bits per heavy atom. The van der Waals surface area contributed by atoms with E-state index in [9.17, 15) is 24.3 Å². The molecular formula is C29H31NO6S. The number of ketones is 1. The third-order valence-electron chi connectivity index (χ3n) is 5.87. The molecular weight excluding hydrogens is 490 g/mol. The van der Waals surface area contributed by atoms with Gasteiger partial charge in [0.15, 0.2) is 12.4 Å². The molecule has 0 saturated carbocycles. The molecule has 0 aromatic heterocycles. The number of fused-ring (bicyclic) bond motifs is 1. The van der Waals surface area contributed by atoms with Gasteiger partial charge in [0.25, 0.3) is 0 Å². The minimum Gasteiger partial charge on any atom is -0.481 e. The zero-order valence-corrected chi connectivity index (χ0v) is 21.5. The van der Waals surface area contributed by atoms with E-state index in [4.69, 9.17) is 4.74 Å². The first-order valence-electron chi connectivity index (χ1n) is 12.1. The quantitative estimate of drug-likeness (QED) is 0.243. The van der Waals surface area contributed by atoms with Gasteiger partial charge in [0.05, 0.1) is 12.8 Å². The first-order valence-corrected chi connectivity index (χ1v) is 13.3. The number of carbonyl (C=O) groups excluding carboxylic acids is 3. The zero-order valence-electron chi connectivity index (χ0n) is 20.7. The van der Waals surface area contributed by atoms with Crippen molar-refractivity contribution in [3.63, 3.8) is 0 Å². The summed E-state index contributed by atoms with van der Waals surface area (Å²) in [5, 5.41) is 13.7. The van der Waals surface area contributed by atoms with E-state index < -0.39 is 48.6 Å². The minimum atomic E-state index is -1.27. The largest absolute Gasteiger partial charge is 0.481 e. The predicted molar refractivity (Wildman–Crippen MR) is 144 cm³/mol. The molecule has 0 spiro atoms. The number of nitrogens with one attached hydrogen (secondary N) is 1. The molecule has 3 aromatic rings. The fraction of sp³-hybridized carbons (Fsp3) is 0.310. The van der Waals surface area contributed by atoms with Gasteiger partial charge in [0.2, 0.25) is 5.91 Å². The van der Waals surface area contributed by atoms with E-state index >= 15 is 0 Å². The lowest BCUT2D eigenvalue weighted by atomic mass is 10.0. The molecule has 3 rings (SSSR count). The Balaban J connectivity index is 1.47. The minimum absolute atomic E-state index is 0.0260. The fourth-order valence-corrected chi connectivity index (χ4v) is 4.86. The lowest BCUT2D eigenvalue weighted by Gasteiger charge is -2.19. The number of carbonyl (C=O) groups is 4. The Kier molecular flexibility index (Phi) is 10.7. The summed E-state index contributed by atoms with van der Waals surface area (Å²) in [7, 11) is 0. The van der Waals surface area contributed by atoms with Crippen LogP contribution in [-0.4, -0.2) is 52.9 Å². The van der Waals surface area contributed by atoms with Gasteiger partial charge in [-0.1, -0.05) is 79.7 Å². The number of thioether (sulfide) groups is 1. The van der Waals surface area contributed by atoms with Gasteiger partial charge in [-0.3, -0.25) is 19.2 Å². The number of Topliss-reactive ketones (excluding diaryl/α,β-unsaturated/α-hetero) is 1. The van der Waals surface area contributed by atoms with Crippen LogP contribution in [0.3, 0.4) is 0 Å². The van der Waals surface area contributed by atoms with E-state index in [2.05, 4.69) is 5.32 Å². The van der Waals surface area contributed by atoms with Gasteiger partial charge < -0.3 is 15.2 Å². The summed E-state index contributed by atoms with van der Waals surface area (Å²) in [5.74, 6) is -1.95. The first-order chi connectivity index (χ1) is 17.8. The number of aryl methyl sites for hydroxylation is 1. The van der Waals surface area contributed by atoms with Crippen LogP contribution in [0, 0.1) is 5.92 Å². The molecule has 0 heterocycles. The van der Waals surface area contributed by atoms with E-state index in [0.717, 1.165) is 28.5 Å². The van der Waals surface area contributed by atoms with E-state index in [-0.39, 0.29) is 6.42 Å². The van der Waals surface area contributed by atoms with Crippen LogP contribution in [0.25, 0.3) is 10.8 Å². The Morgan fingerprint density at radius 2 is 1.65 bits per heavy atom. The monoisotopic (exact) mass is 521 g/mol. The number of hydrogen-bond acceptors (Lipinski definition) is 6. The van der Waals surface area contributed by atoms with Crippen molar-refractivity contribution in [2.75, 3.05) is 18.1 Å². The lowest BCUT2D eigenvalue weighted by molar-refractivity contribution is -0.148. The summed E-state index contributed by atoms with van der Waals surface area (Å²) in [6.45, 7) is 1.12. The van der Waals surface area contributed by atoms with Crippen molar-refractivity contribution < 1.29 is 29.0 Å². The number of hydrogen-bond donors (Lipinski definition) is 2. The number of benzene rings is 3. The van der Waals surface area contributed by atoms with Gasteiger partial charge in [-0.25, -0.2) is 0 Å². The summed E-state index contributed by atoms with van der Waals surface area (Å²) in [6.07, 6.45) is 0.269. The zero-order chi connectivity index (χ0) is 26.6. The van der Waals surface area contributed by atoms with Gasteiger partial charge in [0, 0.05) is 11.7 Å². The lowest BCUT2D eigenvalue weighted by Crippen LogP contribution is -2.46.